The van der Waals surface area contributed by atoms with Crippen molar-refractivity contribution in [2.24, 2.45) is 5.29 Å². The Balaban J connectivity index is 2.83. The molecule has 2 aromatic rings. The molecule has 0 amide bonds. The molecule has 0 unspecified atom stereocenters. The molecule has 1 heterocycles. The normalized spacial score (nSPS) is 10.4. The summed E-state index contributed by atoms with van der Waals surface area (Å²) >= 11 is 2.17. The Morgan fingerprint density at radius 3 is 3.08 bits per heavy atom. The molecule has 1 aromatic heterocycles. The van der Waals surface area contributed by atoms with Gasteiger partial charge in [0.1, 0.15) is 0 Å². The highest BCUT2D eigenvalue weighted by atomic mass is 127. The van der Waals surface area contributed by atoms with Gasteiger partial charge in [0, 0.05) is 8.96 Å². The van der Waals surface area contributed by atoms with Crippen LogP contribution in [-0.2, 0) is 0 Å². The highest BCUT2D eigenvalue weighted by Gasteiger charge is 2.01. The van der Waals surface area contributed by atoms with Crippen LogP contribution in [0.15, 0.2) is 29.7 Å². The molecule has 0 atom stereocenters. The van der Waals surface area contributed by atoms with Crippen molar-refractivity contribution in [1.29, 1.82) is 0 Å². The lowest BCUT2D eigenvalue weighted by molar-refractivity contribution is 0.760. The van der Waals surface area contributed by atoms with Gasteiger partial charge in [0.2, 0.25) is 0 Å². The zero-order chi connectivity index (χ0) is 8.55. The summed E-state index contributed by atoms with van der Waals surface area (Å²) in [5.74, 6) is 0. The molecule has 5 heteroatoms. The van der Waals surface area contributed by atoms with Gasteiger partial charge in [-0.3, -0.25) is 0 Å². The molecule has 0 spiro atoms. The molecule has 0 saturated heterocycles. The number of hydrogen-bond donors (Lipinski definition) is 0. The molecule has 60 valence electrons. The van der Waals surface area contributed by atoms with Crippen LogP contribution in [0.1, 0.15) is 0 Å². The Hall–Kier alpha value is -0.980. The van der Waals surface area contributed by atoms with Gasteiger partial charge in [-0.1, -0.05) is 6.07 Å². The van der Waals surface area contributed by atoms with E-state index in [1.165, 1.54) is 0 Å². The first-order chi connectivity index (χ1) is 5.81. The largest absolute Gasteiger partial charge is 0.155 e. The monoisotopic (exact) mass is 273 g/mol. The fourth-order valence-corrected chi connectivity index (χ4v) is 1.52. The van der Waals surface area contributed by atoms with Gasteiger partial charge in [0.15, 0.2) is 0 Å². The van der Waals surface area contributed by atoms with Crippen LogP contribution in [0, 0.1) is 8.48 Å². The van der Waals surface area contributed by atoms with Crippen LogP contribution < -0.4 is 0 Å². The third-order valence-corrected chi connectivity index (χ3v) is 2.26. The van der Waals surface area contributed by atoms with E-state index in [0.717, 1.165) is 19.3 Å². The first kappa shape index (κ1) is 7.66. The van der Waals surface area contributed by atoms with E-state index >= 15 is 0 Å². The van der Waals surface area contributed by atoms with Gasteiger partial charge in [0.25, 0.3) is 0 Å². The quantitative estimate of drug-likeness (QED) is 0.590. The Bertz CT molecular complexity index is 437. The van der Waals surface area contributed by atoms with E-state index in [4.69, 9.17) is 0 Å². The molecule has 0 fully saturated rings. The lowest BCUT2D eigenvalue weighted by atomic mass is 10.3. The predicted octanol–water partition coefficient (Wildman–Crippen LogP) is 2.17. The van der Waals surface area contributed by atoms with Crippen molar-refractivity contribution in [2.75, 3.05) is 0 Å². The second-order valence-electron chi connectivity index (χ2n) is 2.32. The summed E-state index contributed by atoms with van der Waals surface area (Å²) in [6, 6.07) is 5.73. The van der Waals surface area contributed by atoms with Crippen molar-refractivity contribution in [3.63, 3.8) is 0 Å². The fourth-order valence-electron chi connectivity index (χ4n) is 1.04. The third kappa shape index (κ3) is 1.09. The standard InChI is InChI=1S/C7H4IN3O/c8-6-2-1-5-4-9-11(10-12)7(5)3-6/h1-4H. The van der Waals surface area contributed by atoms with Crippen LogP contribution >= 0.6 is 22.6 Å². The number of nitroso groups, excluding NO2 is 1. The smallest absolute Gasteiger partial charge is 0.0988 e. The maximum atomic E-state index is 10.2. The van der Waals surface area contributed by atoms with Gasteiger partial charge in [-0.25, -0.2) is 0 Å². The summed E-state index contributed by atoms with van der Waals surface area (Å²) in [4.78, 5) is 11.3. The first-order valence-corrected chi connectivity index (χ1v) is 4.36. The molecular formula is C7H4IN3O. The van der Waals surface area contributed by atoms with E-state index < -0.39 is 0 Å². The number of benzene rings is 1. The van der Waals surface area contributed by atoms with Gasteiger partial charge in [-0.2, -0.15) is 5.10 Å². The van der Waals surface area contributed by atoms with Crippen LogP contribution in [0.2, 0.25) is 0 Å². The Morgan fingerprint density at radius 1 is 1.50 bits per heavy atom. The third-order valence-electron chi connectivity index (χ3n) is 1.59. The Labute approximate surface area is 81.6 Å². The van der Waals surface area contributed by atoms with Crippen molar-refractivity contribution in [3.05, 3.63) is 32.9 Å². The summed E-state index contributed by atoms with van der Waals surface area (Å²) in [5.41, 5.74) is 0.747. The molecule has 0 radical (unpaired) electrons. The molecule has 12 heavy (non-hydrogen) atoms. The molecule has 0 N–H and O–H groups in total. The summed E-state index contributed by atoms with van der Waals surface area (Å²) in [6.45, 7) is 0. The highest BCUT2D eigenvalue weighted by molar-refractivity contribution is 14.1. The molecule has 4 nitrogen and oxygen atoms in total. The van der Waals surface area contributed by atoms with E-state index in [1.807, 2.05) is 18.2 Å². The zero-order valence-corrected chi connectivity index (χ0v) is 8.09. The predicted molar refractivity (Wildman–Crippen MR) is 53.6 cm³/mol. The zero-order valence-electron chi connectivity index (χ0n) is 5.94. The van der Waals surface area contributed by atoms with Crippen LogP contribution in [0.25, 0.3) is 10.9 Å². The average molecular weight is 273 g/mol. The van der Waals surface area contributed by atoms with Crippen molar-refractivity contribution >= 4 is 33.5 Å². The summed E-state index contributed by atoms with van der Waals surface area (Å²) < 4.78 is 1.06. The van der Waals surface area contributed by atoms with E-state index in [9.17, 15) is 4.91 Å². The van der Waals surface area contributed by atoms with E-state index in [2.05, 4.69) is 33.0 Å². The topological polar surface area (TPSA) is 47.2 Å². The van der Waals surface area contributed by atoms with Crippen molar-refractivity contribution < 1.29 is 0 Å². The molecule has 0 saturated carbocycles. The molecular weight excluding hydrogens is 269 g/mol. The number of hydrogen-bond acceptors (Lipinski definition) is 3. The second kappa shape index (κ2) is 2.81. The summed E-state index contributed by atoms with van der Waals surface area (Å²) in [7, 11) is 0. The summed E-state index contributed by atoms with van der Waals surface area (Å²) in [6.07, 6.45) is 1.62. The lowest BCUT2D eigenvalue weighted by Gasteiger charge is -1.91. The molecule has 0 aliphatic rings. The second-order valence-corrected chi connectivity index (χ2v) is 3.56. The lowest BCUT2D eigenvalue weighted by Crippen LogP contribution is -1.87. The van der Waals surface area contributed by atoms with Crippen LogP contribution in [0.3, 0.4) is 0 Å². The van der Waals surface area contributed by atoms with Gasteiger partial charge >= 0.3 is 0 Å². The number of aromatic nitrogens is 2. The maximum Gasteiger partial charge on any atom is 0.0988 e. The maximum absolute atomic E-state index is 10.2. The first-order valence-electron chi connectivity index (χ1n) is 3.28. The summed E-state index contributed by atoms with van der Waals surface area (Å²) in [5, 5.41) is 7.47. The van der Waals surface area contributed by atoms with E-state index in [0.29, 0.717) is 0 Å². The highest BCUT2D eigenvalue weighted by Crippen LogP contribution is 2.16. The number of fused-ring (bicyclic) bond motifs is 1. The Morgan fingerprint density at radius 2 is 2.33 bits per heavy atom. The number of nitrogens with zero attached hydrogens (tertiary/aromatic N) is 3. The van der Waals surface area contributed by atoms with Gasteiger partial charge in [-0.15, -0.1) is 9.70 Å². The van der Waals surface area contributed by atoms with Gasteiger partial charge < -0.3 is 0 Å². The van der Waals surface area contributed by atoms with E-state index in [1.54, 1.807) is 6.20 Å². The van der Waals surface area contributed by atoms with Crippen molar-refractivity contribution in [1.82, 2.24) is 9.89 Å². The molecule has 0 bridgehead atoms. The Kier molecular flexibility index (Phi) is 1.80. The minimum absolute atomic E-state index is 0.747. The molecule has 1 aromatic carbocycles. The van der Waals surface area contributed by atoms with Crippen LogP contribution in [0.5, 0.6) is 0 Å². The number of rotatable bonds is 1. The van der Waals surface area contributed by atoms with Crippen molar-refractivity contribution in [3.8, 4) is 0 Å². The van der Waals surface area contributed by atoms with Gasteiger partial charge in [-0.05, 0) is 34.7 Å². The fraction of sp³-hybridized carbons (Fsp3) is 0. The minimum atomic E-state index is 0.747. The van der Waals surface area contributed by atoms with Gasteiger partial charge in [0.05, 0.1) is 17.0 Å². The van der Waals surface area contributed by atoms with E-state index in [-0.39, 0.29) is 0 Å². The molecule has 2 rings (SSSR count). The van der Waals surface area contributed by atoms with Crippen LogP contribution in [-0.4, -0.2) is 9.89 Å². The minimum Gasteiger partial charge on any atom is -0.155 e. The van der Waals surface area contributed by atoms with Crippen molar-refractivity contribution in [2.45, 2.75) is 0 Å². The SMILES string of the molecule is O=Nn1ncc2ccc(I)cc21. The molecule has 0 aliphatic carbocycles. The average Bonchev–Trinajstić information content (AvgIpc) is 2.46. The molecule has 0 aliphatic heterocycles. The number of halogens is 1. The van der Waals surface area contributed by atoms with Crippen LogP contribution in [0.4, 0.5) is 0 Å².